The number of carbonyl (C=O) groups is 2. The number of benzene rings is 1. The summed E-state index contributed by atoms with van der Waals surface area (Å²) in [6.07, 6.45) is -1.66. The minimum Gasteiger partial charge on any atom is -0.481 e. The average molecular weight is 242 g/mol. The van der Waals surface area contributed by atoms with Gasteiger partial charge in [-0.05, 0) is 23.6 Å². The van der Waals surface area contributed by atoms with Gasteiger partial charge in [0.25, 0.3) is 6.43 Å². The van der Waals surface area contributed by atoms with Crippen LogP contribution in [0.1, 0.15) is 29.5 Å². The second-order valence-electron chi connectivity index (χ2n) is 3.60. The number of hydrogen-bond donors (Lipinski definition) is 1. The van der Waals surface area contributed by atoms with Crippen LogP contribution in [0.15, 0.2) is 18.2 Å². The van der Waals surface area contributed by atoms with Crippen LogP contribution in [0.3, 0.4) is 0 Å². The number of hydrogen-bond acceptors (Lipinski definition) is 2. The highest BCUT2D eigenvalue weighted by Gasteiger charge is 2.12. The van der Waals surface area contributed by atoms with Gasteiger partial charge in [0, 0.05) is 12.0 Å². The number of carbonyl (C=O) groups excluding carboxylic acids is 1. The van der Waals surface area contributed by atoms with E-state index in [9.17, 15) is 18.4 Å². The molecule has 5 heteroatoms. The van der Waals surface area contributed by atoms with Crippen molar-refractivity contribution in [3.8, 4) is 0 Å². The van der Waals surface area contributed by atoms with Crippen molar-refractivity contribution < 1.29 is 23.5 Å². The Morgan fingerprint density at radius 3 is 2.59 bits per heavy atom. The number of rotatable bonds is 6. The predicted molar refractivity (Wildman–Crippen MR) is 57.1 cm³/mol. The summed E-state index contributed by atoms with van der Waals surface area (Å²) in [5.41, 5.74) is 0.820. The van der Waals surface area contributed by atoms with Gasteiger partial charge >= 0.3 is 5.97 Å². The number of aliphatic carboxylic acids is 1. The van der Waals surface area contributed by atoms with E-state index >= 15 is 0 Å². The zero-order chi connectivity index (χ0) is 12.8. The first kappa shape index (κ1) is 13.3. The van der Waals surface area contributed by atoms with Crippen LogP contribution >= 0.6 is 0 Å². The lowest BCUT2D eigenvalue weighted by atomic mass is 9.98. The highest BCUT2D eigenvalue weighted by Crippen LogP contribution is 2.23. The largest absolute Gasteiger partial charge is 0.481 e. The summed E-state index contributed by atoms with van der Waals surface area (Å²) in [5, 5.41) is 8.68. The van der Waals surface area contributed by atoms with Crippen molar-refractivity contribution in [2.45, 2.75) is 25.7 Å². The monoisotopic (exact) mass is 242 g/mol. The summed E-state index contributed by atoms with van der Waals surface area (Å²) >= 11 is 0. The number of carboxylic acids is 1. The van der Waals surface area contributed by atoms with Crippen molar-refractivity contribution in [2.24, 2.45) is 0 Å². The van der Waals surface area contributed by atoms with Crippen LogP contribution in [0.4, 0.5) is 8.78 Å². The van der Waals surface area contributed by atoms with Gasteiger partial charge in [-0.1, -0.05) is 12.1 Å². The fraction of sp³-hybridized carbons (Fsp3) is 0.333. The molecule has 3 nitrogen and oxygen atoms in total. The second kappa shape index (κ2) is 6.08. The summed E-state index contributed by atoms with van der Waals surface area (Å²) in [5.74, 6) is -1.03. The van der Waals surface area contributed by atoms with E-state index in [-0.39, 0.29) is 24.8 Å². The third kappa shape index (κ3) is 3.94. The van der Waals surface area contributed by atoms with Gasteiger partial charge in [0.1, 0.15) is 6.29 Å². The molecular weight excluding hydrogens is 230 g/mol. The standard InChI is InChI=1S/C12H12F2O3/c13-12(14)10-4-3-9(7-11(16)17)8(6-10)2-1-5-15/h3-6,12H,1-2,7H2,(H,16,17). The van der Waals surface area contributed by atoms with Gasteiger partial charge in [0.2, 0.25) is 0 Å². The van der Waals surface area contributed by atoms with Crippen molar-refractivity contribution in [3.63, 3.8) is 0 Å². The molecule has 0 aliphatic carbocycles. The van der Waals surface area contributed by atoms with Gasteiger partial charge in [-0.3, -0.25) is 4.79 Å². The quantitative estimate of drug-likeness (QED) is 0.779. The number of carboxylic acid groups (broad SMARTS) is 1. The molecule has 17 heavy (non-hydrogen) atoms. The van der Waals surface area contributed by atoms with Crippen LogP contribution in [0, 0.1) is 0 Å². The maximum atomic E-state index is 12.5. The normalized spacial score (nSPS) is 10.5. The fourth-order valence-corrected chi connectivity index (χ4v) is 1.56. The van der Waals surface area contributed by atoms with E-state index in [1.54, 1.807) is 0 Å². The predicted octanol–water partition coefficient (Wildman–Crippen LogP) is 2.38. The summed E-state index contributed by atoms with van der Waals surface area (Å²) < 4.78 is 25.0. The van der Waals surface area contributed by atoms with Crippen LogP contribution in [-0.4, -0.2) is 17.4 Å². The first-order valence-corrected chi connectivity index (χ1v) is 5.10. The second-order valence-corrected chi connectivity index (χ2v) is 3.60. The maximum Gasteiger partial charge on any atom is 0.307 e. The van der Waals surface area contributed by atoms with Crippen LogP contribution in [0.25, 0.3) is 0 Å². The first-order valence-electron chi connectivity index (χ1n) is 5.10. The van der Waals surface area contributed by atoms with Crippen molar-refractivity contribution in [1.29, 1.82) is 0 Å². The van der Waals surface area contributed by atoms with Gasteiger partial charge in [-0.2, -0.15) is 0 Å². The molecule has 0 atom stereocenters. The molecule has 0 heterocycles. The molecule has 1 N–H and O–H groups in total. The van der Waals surface area contributed by atoms with E-state index in [4.69, 9.17) is 5.11 Å². The topological polar surface area (TPSA) is 54.4 Å². The van der Waals surface area contributed by atoms with Gasteiger partial charge in [-0.15, -0.1) is 0 Å². The number of alkyl halides is 2. The molecule has 0 aliphatic rings. The van der Waals surface area contributed by atoms with Crippen molar-refractivity contribution in [2.75, 3.05) is 0 Å². The molecule has 1 aromatic carbocycles. The van der Waals surface area contributed by atoms with Crippen molar-refractivity contribution >= 4 is 12.3 Å². The van der Waals surface area contributed by atoms with E-state index < -0.39 is 12.4 Å². The summed E-state index contributed by atoms with van der Waals surface area (Å²) in [7, 11) is 0. The lowest BCUT2D eigenvalue weighted by Gasteiger charge is -2.09. The van der Waals surface area contributed by atoms with E-state index in [0.717, 1.165) is 0 Å². The highest BCUT2D eigenvalue weighted by molar-refractivity contribution is 5.71. The minimum absolute atomic E-state index is 0.153. The molecule has 0 bridgehead atoms. The SMILES string of the molecule is O=CCCc1cc(C(F)F)ccc1CC(=O)O. The van der Waals surface area contributed by atoms with Crippen LogP contribution in [0.2, 0.25) is 0 Å². The highest BCUT2D eigenvalue weighted by atomic mass is 19.3. The lowest BCUT2D eigenvalue weighted by molar-refractivity contribution is -0.136. The van der Waals surface area contributed by atoms with E-state index in [2.05, 4.69) is 0 Å². The molecule has 0 aliphatic heterocycles. The van der Waals surface area contributed by atoms with E-state index in [1.807, 2.05) is 0 Å². The Morgan fingerprint density at radius 1 is 1.35 bits per heavy atom. The molecule has 0 saturated heterocycles. The zero-order valence-electron chi connectivity index (χ0n) is 9.03. The molecule has 0 fully saturated rings. The Labute approximate surface area is 97.1 Å². The van der Waals surface area contributed by atoms with E-state index in [1.165, 1.54) is 18.2 Å². The van der Waals surface area contributed by atoms with Crippen molar-refractivity contribution in [3.05, 3.63) is 34.9 Å². The molecule has 0 radical (unpaired) electrons. The maximum absolute atomic E-state index is 12.5. The van der Waals surface area contributed by atoms with Gasteiger partial charge in [0.05, 0.1) is 6.42 Å². The smallest absolute Gasteiger partial charge is 0.307 e. The Bertz CT molecular complexity index is 416. The zero-order valence-corrected chi connectivity index (χ0v) is 9.03. The Kier molecular flexibility index (Phi) is 4.75. The Morgan fingerprint density at radius 2 is 2.06 bits per heavy atom. The molecule has 0 amide bonds. The fourth-order valence-electron chi connectivity index (χ4n) is 1.56. The van der Waals surface area contributed by atoms with Crippen LogP contribution < -0.4 is 0 Å². The first-order chi connectivity index (χ1) is 8.04. The number of aryl methyl sites for hydroxylation is 1. The van der Waals surface area contributed by atoms with E-state index in [0.29, 0.717) is 17.4 Å². The Balaban J connectivity index is 3.02. The third-order valence-electron chi connectivity index (χ3n) is 2.36. The minimum atomic E-state index is -2.59. The average Bonchev–Trinajstić information content (AvgIpc) is 2.26. The van der Waals surface area contributed by atoms with Crippen LogP contribution in [0.5, 0.6) is 0 Å². The molecule has 0 spiro atoms. The molecular formula is C12H12F2O3. The van der Waals surface area contributed by atoms with Crippen molar-refractivity contribution in [1.82, 2.24) is 0 Å². The number of aldehydes is 1. The third-order valence-corrected chi connectivity index (χ3v) is 2.36. The summed E-state index contributed by atoms with van der Waals surface area (Å²) in [4.78, 5) is 20.9. The molecule has 1 rings (SSSR count). The molecule has 1 aromatic rings. The molecule has 92 valence electrons. The summed E-state index contributed by atoms with van der Waals surface area (Å²) in [6, 6.07) is 3.87. The van der Waals surface area contributed by atoms with Crippen LogP contribution in [-0.2, 0) is 22.4 Å². The van der Waals surface area contributed by atoms with Gasteiger partial charge in [0.15, 0.2) is 0 Å². The lowest BCUT2D eigenvalue weighted by Crippen LogP contribution is -2.05. The molecule has 0 saturated carbocycles. The molecule has 0 aromatic heterocycles. The summed E-state index contributed by atoms with van der Waals surface area (Å²) in [6.45, 7) is 0. The van der Waals surface area contributed by atoms with Gasteiger partial charge < -0.3 is 9.90 Å². The Hall–Kier alpha value is -1.78. The number of halogens is 2. The molecule has 0 unspecified atom stereocenters. The van der Waals surface area contributed by atoms with Gasteiger partial charge in [-0.25, -0.2) is 8.78 Å².